The number of carbonyl (C=O) groups is 1. The van der Waals surface area contributed by atoms with E-state index in [1.165, 1.54) is 5.56 Å². The Bertz CT molecular complexity index is 376. The first kappa shape index (κ1) is 11.0. The summed E-state index contributed by atoms with van der Waals surface area (Å²) in [5.41, 5.74) is 2.33. The van der Waals surface area contributed by atoms with Crippen molar-refractivity contribution in [3.63, 3.8) is 0 Å². The lowest BCUT2D eigenvalue weighted by atomic mass is 10.1. The largest absolute Gasteiger partial charge is 0.373 e. The van der Waals surface area contributed by atoms with Gasteiger partial charge in [-0.15, -0.1) is 0 Å². The molecule has 0 spiro atoms. The number of amides is 1. The minimum absolute atomic E-state index is 0.0928. The topological polar surface area (TPSA) is 32.3 Å². The summed E-state index contributed by atoms with van der Waals surface area (Å²) >= 11 is 0. The third-order valence-electron chi connectivity index (χ3n) is 3.19. The van der Waals surface area contributed by atoms with Crippen molar-refractivity contribution in [3.05, 3.63) is 29.8 Å². The lowest BCUT2D eigenvalue weighted by Gasteiger charge is -2.25. The van der Waals surface area contributed by atoms with Crippen LogP contribution in [0.4, 0.5) is 5.69 Å². The summed E-state index contributed by atoms with van der Waals surface area (Å²) in [5.74, 6) is 0.172. The zero-order chi connectivity index (χ0) is 11.7. The molecule has 0 aliphatic carbocycles. The molecule has 16 heavy (non-hydrogen) atoms. The molecule has 1 amide bonds. The number of likely N-dealkylation sites (N-methyl/N-ethyl adjacent to an activating group) is 1. The molecule has 3 heteroatoms. The van der Waals surface area contributed by atoms with E-state index >= 15 is 0 Å². The Morgan fingerprint density at radius 2 is 2.12 bits per heavy atom. The lowest BCUT2D eigenvalue weighted by Crippen LogP contribution is -2.43. The maximum atomic E-state index is 12.1. The molecule has 1 aliphatic heterocycles. The fourth-order valence-corrected chi connectivity index (χ4v) is 1.95. The van der Waals surface area contributed by atoms with Crippen molar-refractivity contribution < 1.29 is 4.79 Å². The number of anilines is 1. The number of nitrogens with one attached hydrogen (secondary N) is 1. The molecule has 1 heterocycles. The monoisotopic (exact) mass is 218 g/mol. The standard InChI is InChI=1S/C13H18N2O/c1-9(2)15(3)13(16)12-8-10-6-4-5-7-11(10)14-12/h4-7,9,12,14H,8H2,1-3H3/t12-/m0/s1. The van der Waals surface area contributed by atoms with Crippen molar-refractivity contribution in [2.75, 3.05) is 12.4 Å². The molecule has 1 atom stereocenters. The average Bonchev–Trinajstić information content (AvgIpc) is 2.70. The highest BCUT2D eigenvalue weighted by Crippen LogP contribution is 2.26. The van der Waals surface area contributed by atoms with E-state index in [-0.39, 0.29) is 18.0 Å². The Morgan fingerprint density at radius 1 is 1.44 bits per heavy atom. The summed E-state index contributed by atoms with van der Waals surface area (Å²) in [6.07, 6.45) is 0.798. The summed E-state index contributed by atoms with van der Waals surface area (Å²) in [6.45, 7) is 4.06. The van der Waals surface area contributed by atoms with Gasteiger partial charge in [0.2, 0.25) is 5.91 Å². The summed E-state index contributed by atoms with van der Waals surface area (Å²) in [7, 11) is 1.86. The predicted molar refractivity (Wildman–Crippen MR) is 65.5 cm³/mol. The normalized spacial score (nSPS) is 18.1. The zero-order valence-electron chi connectivity index (χ0n) is 10.0. The third-order valence-corrected chi connectivity index (χ3v) is 3.19. The minimum atomic E-state index is -0.0928. The Balaban J connectivity index is 2.09. The fourth-order valence-electron chi connectivity index (χ4n) is 1.95. The molecule has 2 rings (SSSR count). The van der Waals surface area contributed by atoms with Gasteiger partial charge in [-0.25, -0.2) is 0 Å². The molecule has 0 aromatic heterocycles. The number of para-hydroxylation sites is 1. The van der Waals surface area contributed by atoms with Gasteiger partial charge in [-0.2, -0.15) is 0 Å². The van der Waals surface area contributed by atoms with Crippen LogP contribution in [0.15, 0.2) is 24.3 Å². The van der Waals surface area contributed by atoms with Gasteiger partial charge in [-0.05, 0) is 25.5 Å². The molecular formula is C13H18N2O. The predicted octanol–water partition coefficient (Wildman–Crippen LogP) is 1.89. The van der Waals surface area contributed by atoms with Crippen molar-refractivity contribution in [2.45, 2.75) is 32.4 Å². The summed E-state index contributed by atoms with van der Waals surface area (Å²) < 4.78 is 0. The van der Waals surface area contributed by atoms with Gasteiger partial charge in [-0.1, -0.05) is 18.2 Å². The molecule has 0 saturated heterocycles. The van der Waals surface area contributed by atoms with Gasteiger partial charge in [0.15, 0.2) is 0 Å². The van der Waals surface area contributed by atoms with Crippen molar-refractivity contribution >= 4 is 11.6 Å². The van der Waals surface area contributed by atoms with Gasteiger partial charge < -0.3 is 10.2 Å². The van der Waals surface area contributed by atoms with Crippen molar-refractivity contribution in [1.82, 2.24) is 4.90 Å². The van der Waals surface area contributed by atoms with Crippen molar-refractivity contribution in [2.24, 2.45) is 0 Å². The van der Waals surface area contributed by atoms with E-state index in [0.717, 1.165) is 12.1 Å². The molecule has 0 fully saturated rings. The fraction of sp³-hybridized carbons (Fsp3) is 0.462. The van der Waals surface area contributed by atoms with Crippen LogP contribution in [0.25, 0.3) is 0 Å². The average molecular weight is 218 g/mol. The Morgan fingerprint density at radius 3 is 2.75 bits per heavy atom. The van der Waals surface area contributed by atoms with E-state index < -0.39 is 0 Å². The maximum absolute atomic E-state index is 12.1. The highest BCUT2D eigenvalue weighted by atomic mass is 16.2. The minimum Gasteiger partial charge on any atom is -0.373 e. The van der Waals surface area contributed by atoms with E-state index in [4.69, 9.17) is 0 Å². The molecular weight excluding hydrogens is 200 g/mol. The quantitative estimate of drug-likeness (QED) is 0.822. The number of carbonyl (C=O) groups excluding carboxylic acids is 1. The number of hydrogen-bond donors (Lipinski definition) is 1. The number of benzene rings is 1. The second kappa shape index (κ2) is 4.16. The number of fused-ring (bicyclic) bond motifs is 1. The van der Waals surface area contributed by atoms with E-state index in [1.807, 2.05) is 39.1 Å². The van der Waals surface area contributed by atoms with Crippen LogP contribution in [0.5, 0.6) is 0 Å². The Kier molecular flexibility index (Phi) is 2.86. The lowest BCUT2D eigenvalue weighted by molar-refractivity contribution is -0.132. The first-order valence-electron chi connectivity index (χ1n) is 5.70. The van der Waals surface area contributed by atoms with Crippen LogP contribution in [0.1, 0.15) is 19.4 Å². The Hall–Kier alpha value is -1.51. The molecule has 1 aromatic carbocycles. The summed E-state index contributed by atoms with van der Waals surface area (Å²) in [4.78, 5) is 13.9. The smallest absolute Gasteiger partial charge is 0.245 e. The van der Waals surface area contributed by atoms with Gasteiger partial charge in [0, 0.05) is 25.2 Å². The van der Waals surface area contributed by atoms with E-state index in [0.29, 0.717) is 0 Å². The number of nitrogens with zero attached hydrogens (tertiary/aromatic N) is 1. The number of rotatable bonds is 2. The van der Waals surface area contributed by atoms with Gasteiger partial charge in [0.1, 0.15) is 6.04 Å². The van der Waals surface area contributed by atoms with Crippen LogP contribution < -0.4 is 5.32 Å². The molecule has 86 valence electrons. The highest BCUT2D eigenvalue weighted by Gasteiger charge is 2.29. The van der Waals surface area contributed by atoms with Gasteiger partial charge in [0.05, 0.1) is 0 Å². The van der Waals surface area contributed by atoms with Crippen molar-refractivity contribution in [3.8, 4) is 0 Å². The SMILES string of the molecule is CC(C)N(C)C(=O)[C@@H]1Cc2ccccc2N1. The molecule has 1 aliphatic rings. The second-order valence-corrected chi connectivity index (χ2v) is 4.60. The highest BCUT2D eigenvalue weighted by molar-refractivity contribution is 5.87. The third kappa shape index (κ3) is 1.90. The molecule has 0 saturated carbocycles. The van der Waals surface area contributed by atoms with Crippen LogP contribution in [-0.2, 0) is 11.2 Å². The van der Waals surface area contributed by atoms with Crippen LogP contribution >= 0.6 is 0 Å². The van der Waals surface area contributed by atoms with Gasteiger partial charge in [0.25, 0.3) is 0 Å². The molecule has 1 aromatic rings. The van der Waals surface area contributed by atoms with E-state index in [1.54, 1.807) is 4.90 Å². The van der Waals surface area contributed by atoms with Crippen LogP contribution in [-0.4, -0.2) is 29.9 Å². The zero-order valence-corrected chi connectivity index (χ0v) is 10.0. The second-order valence-electron chi connectivity index (χ2n) is 4.60. The number of hydrogen-bond acceptors (Lipinski definition) is 2. The van der Waals surface area contributed by atoms with Gasteiger partial charge >= 0.3 is 0 Å². The maximum Gasteiger partial charge on any atom is 0.245 e. The molecule has 0 radical (unpaired) electrons. The van der Waals surface area contributed by atoms with E-state index in [9.17, 15) is 4.79 Å². The first-order chi connectivity index (χ1) is 7.59. The van der Waals surface area contributed by atoms with Crippen LogP contribution in [0.3, 0.4) is 0 Å². The van der Waals surface area contributed by atoms with Crippen LogP contribution in [0.2, 0.25) is 0 Å². The Labute approximate surface area is 96.5 Å². The first-order valence-corrected chi connectivity index (χ1v) is 5.70. The van der Waals surface area contributed by atoms with Crippen LogP contribution in [0, 0.1) is 0 Å². The van der Waals surface area contributed by atoms with Crippen molar-refractivity contribution in [1.29, 1.82) is 0 Å². The summed E-state index contributed by atoms with van der Waals surface area (Å²) in [5, 5.41) is 3.28. The molecule has 3 nitrogen and oxygen atoms in total. The van der Waals surface area contributed by atoms with Gasteiger partial charge in [-0.3, -0.25) is 4.79 Å². The van der Waals surface area contributed by atoms with E-state index in [2.05, 4.69) is 11.4 Å². The summed E-state index contributed by atoms with van der Waals surface area (Å²) in [6, 6.07) is 8.26. The molecule has 1 N–H and O–H groups in total. The molecule has 0 unspecified atom stereocenters. The molecule has 0 bridgehead atoms.